The third-order valence-corrected chi connectivity index (χ3v) is 9.56. The molecule has 0 radical (unpaired) electrons. The summed E-state index contributed by atoms with van der Waals surface area (Å²) in [6, 6.07) is 0.107. The molecule has 3 aliphatic heterocycles. The van der Waals surface area contributed by atoms with Gasteiger partial charge in [0.1, 0.15) is 6.04 Å². The maximum absolute atomic E-state index is 13.2. The van der Waals surface area contributed by atoms with Crippen molar-refractivity contribution in [3.8, 4) is 0 Å². The Morgan fingerprint density at radius 3 is 2.49 bits per heavy atom. The van der Waals surface area contributed by atoms with Gasteiger partial charge in [-0.25, -0.2) is 0 Å². The van der Waals surface area contributed by atoms with E-state index in [9.17, 15) is 14.4 Å². The first-order chi connectivity index (χ1) is 19.0. The molecule has 39 heavy (non-hydrogen) atoms. The molecule has 0 aromatic carbocycles. The second-order valence-corrected chi connectivity index (χ2v) is 12.1. The molecule has 0 aromatic heterocycles. The fourth-order valence-corrected chi connectivity index (χ4v) is 7.21. The van der Waals surface area contributed by atoms with Gasteiger partial charge in [-0.3, -0.25) is 29.5 Å². The van der Waals surface area contributed by atoms with E-state index >= 15 is 0 Å². The lowest BCUT2D eigenvalue weighted by Gasteiger charge is -2.39. The van der Waals surface area contributed by atoms with E-state index in [2.05, 4.69) is 51.6 Å². The highest BCUT2D eigenvalue weighted by molar-refractivity contribution is 6.02. The molecule has 8 heteroatoms. The van der Waals surface area contributed by atoms with Gasteiger partial charge in [-0.2, -0.15) is 0 Å². The first kappa shape index (κ1) is 26.7. The number of piperidine rings is 1. The summed E-state index contributed by atoms with van der Waals surface area (Å²) < 4.78 is 6.38. The summed E-state index contributed by atoms with van der Waals surface area (Å²) in [5, 5.41) is 2.39. The van der Waals surface area contributed by atoms with Crippen molar-refractivity contribution in [3.63, 3.8) is 0 Å². The predicted molar refractivity (Wildman–Crippen MR) is 149 cm³/mol. The number of carbonyl (C=O) groups excluding carboxylic acids is 3. The van der Waals surface area contributed by atoms with Crippen molar-refractivity contribution in [2.75, 3.05) is 45.9 Å². The lowest BCUT2D eigenvalue weighted by atomic mass is 9.83. The summed E-state index contributed by atoms with van der Waals surface area (Å²) in [4.78, 5) is 44.1. The number of nitrogens with zero attached hydrogens (tertiary/aromatic N) is 3. The van der Waals surface area contributed by atoms with Gasteiger partial charge < -0.3 is 9.64 Å². The number of hydrogen-bond acceptors (Lipinski definition) is 6. The largest absolute Gasteiger partial charge is 0.369 e. The van der Waals surface area contributed by atoms with Gasteiger partial charge in [-0.1, -0.05) is 42.0 Å². The summed E-state index contributed by atoms with van der Waals surface area (Å²) >= 11 is 0. The number of fused-ring (bicyclic) bond motifs is 1. The number of carbonyl (C=O) groups is 3. The average molecular weight is 535 g/mol. The number of allylic oxidation sites excluding steroid dienone is 4. The maximum atomic E-state index is 13.2. The van der Waals surface area contributed by atoms with Crippen LogP contribution in [-0.4, -0.2) is 96.5 Å². The van der Waals surface area contributed by atoms with Crippen LogP contribution in [0.2, 0.25) is 0 Å². The van der Waals surface area contributed by atoms with Crippen molar-refractivity contribution in [1.82, 2.24) is 20.0 Å². The van der Waals surface area contributed by atoms with Crippen molar-refractivity contribution in [1.29, 1.82) is 0 Å². The number of amides is 3. The van der Waals surface area contributed by atoms with Crippen molar-refractivity contribution in [2.24, 2.45) is 11.8 Å². The second kappa shape index (κ2) is 11.9. The molecule has 3 heterocycles. The van der Waals surface area contributed by atoms with E-state index < -0.39 is 6.04 Å². The Bertz CT molecular complexity index is 1090. The van der Waals surface area contributed by atoms with Gasteiger partial charge in [0, 0.05) is 63.6 Å². The Morgan fingerprint density at radius 2 is 1.74 bits per heavy atom. The first-order valence-corrected chi connectivity index (χ1v) is 15.0. The zero-order chi connectivity index (χ0) is 26.8. The van der Waals surface area contributed by atoms with E-state index in [0.717, 1.165) is 45.6 Å². The number of likely N-dealkylation sites (tertiary alicyclic amines) is 1. The molecule has 0 saturated carbocycles. The predicted octanol–water partition coefficient (Wildman–Crippen LogP) is 2.58. The van der Waals surface area contributed by atoms with Gasteiger partial charge in [0.15, 0.2) is 0 Å². The fraction of sp³-hybridized carbons (Fsp3) is 0.645. The van der Waals surface area contributed by atoms with Gasteiger partial charge in [-0.05, 0) is 50.5 Å². The molecule has 3 saturated heterocycles. The van der Waals surface area contributed by atoms with Crippen LogP contribution in [0.1, 0.15) is 51.4 Å². The number of imide groups is 1. The Morgan fingerprint density at radius 1 is 0.923 bits per heavy atom. The molecule has 5 unspecified atom stereocenters. The molecule has 0 aromatic rings. The van der Waals surface area contributed by atoms with Crippen LogP contribution in [0.3, 0.4) is 0 Å². The summed E-state index contributed by atoms with van der Waals surface area (Å²) in [7, 11) is 0. The minimum atomic E-state index is -0.543. The molecular formula is C31H42N4O4. The standard InChI is InChI=1S/C31H42N4O4/c36-29-14-13-27(30(37)32-29)35-20-26-25(31(35)38)7-4-8-28(26)39-21-23-11-9-22(10-12-23)19-33-15-17-34(18-16-33)24-5-2-1-3-6-24/h2,4-5,8-9,11,24-28H,1,3,6-7,10,12-21H2,(H,32,36,37). The monoisotopic (exact) mass is 534 g/mol. The minimum Gasteiger partial charge on any atom is -0.369 e. The van der Waals surface area contributed by atoms with E-state index in [1.165, 1.54) is 30.4 Å². The van der Waals surface area contributed by atoms with Crippen LogP contribution in [0.4, 0.5) is 0 Å². The lowest BCUT2D eigenvalue weighted by molar-refractivity contribution is -0.144. The minimum absolute atomic E-state index is 0.0212. The Kier molecular flexibility index (Phi) is 8.14. The highest BCUT2D eigenvalue weighted by Crippen LogP contribution is 2.38. The second-order valence-electron chi connectivity index (χ2n) is 12.1. The quantitative estimate of drug-likeness (QED) is 0.400. The third-order valence-electron chi connectivity index (χ3n) is 9.56. The third kappa shape index (κ3) is 5.98. The van der Waals surface area contributed by atoms with Crippen LogP contribution < -0.4 is 5.32 Å². The van der Waals surface area contributed by atoms with E-state index in [0.29, 0.717) is 32.0 Å². The zero-order valence-electron chi connectivity index (χ0n) is 22.9. The number of rotatable bonds is 7. The van der Waals surface area contributed by atoms with Gasteiger partial charge >= 0.3 is 0 Å². The molecule has 5 atom stereocenters. The normalized spacial score (nSPS) is 34.1. The molecule has 3 amide bonds. The van der Waals surface area contributed by atoms with E-state index in [-0.39, 0.29) is 42.1 Å². The fourth-order valence-electron chi connectivity index (χ4n) is 7.21. The first-order valence-electron chi connectivity index (χ1n) is 15.0. The molecule has 6 rings (SSSR count). The summed E-state index contributed by atoms with van der Waals surface area (Å²) in [6.07, 6.45) is 20.7. The van der Waals surface area contributed by atoms with Crippen LogP contribution in [0.25, 0.3) is 0 Å². The smallest absolute Gasteiger partial charge is 0.249 e. The van der Waals surface area contributed by atoms with Crippen molar-refractivity contribution < 1.29 is 19.1 Å². The van der Waals surface area contributed by atoms with Gasteiger partial charge in [0.2, 0.25) is 17.7 Å². The molecule has 1 N–H and O–H groups in total. The molecule has 0 bridgehead atoms. The molecule has 3 aliphatic carbocycles. The molecular weight excluding hydrogens is 492 g/mol. The Hall–Kier alpha value is -2.55. The number of ether oxygens (including phenoxy) is 1. The zero-order valence-corrected chi connectivity index (χ0v) is 22.9. The lowest BCUT2D eigenvalue weighted by Crippen LogP contribution is -2.53. The van der Waals surface area contributed by atoms with Crippen LogP contribution in [0.15, 0.2) is 47.6 Å². The van der Waals surface area contributed by atoms with E-state index in [1.807, 2.05) is 0 Å². The van der Waals surface area contributed by atoms with Crippen LogP contribution >= 0.6 is 0 Å². The topological polar surface area (TPSA) is 82.2 Å². The highest BCUT2D eigenvalue weighted by atomic mass is 16.5. The van der Waals surface area contributed by atoms with Gasteiger partial charge in [0.25, 0.3) is 0 Å². The van der Waals surface area contributed by atoms with Crippen molar-refractivity contribution in [3.05, 3.63) is 47.6 Å². The van der Waals surface area contributed by atoms with E-state index in [4.69, 9.17) is 4.74 Å². The summed E-state index contributed by atoms with van der Waals surface area (Å²) in [6.45, 7) is 6.77. The van der Waals surface area contributed by atoms with Gasteiger partial charge in [-0.15, -0.1) is 0 Å². The van der Waals surface area contributed by atoms with Crippen LogP contribution in [0, 0.1) is 11.8 Å². The van der Waals surface area contributed by atoms with Crippen molar-refractivity contribution >= 4 is 17.7 Å². The van der Waals surface area contributed by atoms with Crippen LogP contribution in [-0.2, 0) is 19.1 Å². The average Bonchev–Trinajstić information content (AvgIpc) is 3.30. The van der Waals surface area contributed by atoms with Crippen LogP contribution in [0.5, 0.6) is 0 Å². The molecule has 210 valence electrons. The molecule has 3 fully saturated rings. The number of piperazine rings is 1. The van der Waals surface area contributed by atoms with Gasteiger partial charge in [0.05, 0.1) is 12.7 Å². The number of hydrogen-bond donors (Lipinski definition) is 1. The number of nitrogens with one attached hydrogen (secondary N) is 1. The summed E-state index contributed by atoms with van der Waals surface area (Å²) in [5.41, 5.74) is 2.80. The van der Waals surface area contributed by atoms with Crippen molar-refractivity contribution in [2.45, 2.75) is 69.6 Å². The summed E-state index contributed by atoms with van der Waals surface area (Å²) in [5.74, 6) is -0.677. The highest BCUT2D eigenvalue weighted by Gasteiger charge is 2.49. The van der Waals surface area contributed by atoms with E-state index in [1.54, 1.807) is 4.90 Å². The maximum Gasteiger partial charge on any atom is 0.249 e. The Balaban J connectivity index is 0.981. The molecule has 6 aliphatic rings. The Labute approximate surface area is 231 Å². The SMILES string of the molecule is O=C1CCC(N2CC3C(OCC4=CC=C(CN5CCN(C6C=CCCC6)CC5)CC4)C=CCC3C2=O)C(=O)N1. The molecule has 8 nitrogen and oxygen atoms in total. The molecule has 0 spiro atoms.